The van der Waals surface area contributed by atoms with Crippen LogP contribution < -0.4 is 14.8 Å². The van der Waals surface area contributed by atoms with Crippen LogP contribution in [0.25, 0.3) is 0 Å². The standard InChI is InChI=1S/C25H27NO3/c1-19(2)15-16-28-24-14-7-6-13-23(24)25(27)26-21-11-8-12-22(17-21)29-18-20-9-4-3-5-10-20/h3-14,17,19H,15-16,18H2,1-2H3,(H,26,27). The fourth-order valence-corrected chi connectivity index (χ4v) is 2.79. The van der Waals surface area contributed by atoms with Crippen molar-refractivity contribution in [3.8, 4) is 11.5 Å². The zero-order valence-electron chi connectivity index (χ0n) is 16.9. The third-order valence-corrected chi connectivity index (χ3v) is 4.42. The van der Waals surface area contributed by atoms with Crippen molar-refractivity contribution in [1.29, 1.82) is 0 Å². The molecule has 4 heteroatoms. The maximum absolute atomic E-state index is 12.8. The van der Waals surface area contributed by atoms with Crippen molar-refractivity contribution >= 4 is 11.6 Å². The van der Waals surface area contributed by atoms with Gasteiger partial charge in [-0.05, 0) is 42.2 Å². The summed E-state index contributed by atoms with van der Waals surface area (Å²) in [5, 5.41) is 2.94. The summed E-state index contributed by atoms with van der Waals surface area (Å²) in [7, 11) is 0. The highest BCUT2D eigenvalue weighted by atomic mass is 16.5. The number of hydrogen-bond acceptors (Lipinski definition) is 3. The molecule has 3 aromatic carbocycles. The van der Waals surface area contributed by atoms with Crippen molar-refractivity contribution in [3.63, 3.8) is 0 Å². The van der Waals surface area contributed by atoms with E-state index in [0.717, 1.165) is 12.0 Å². The number of anilines is 1. The number of hydrogen-bond donors (Lipinski definition) is 1. The summed E-state index contributed by atoms with van der Waals surface area (Å²) < 4.78 is 11.7. The minimum atomic E-state index is -0.203. The lowest BCUT2D eigenvalue weighted by atomic mass is 10.1. The molecule has 0 radical (unpaired) electrons. The third-order valence-electron chi connectivity index (χ3n) is 4.42. The summed E-state index contributed by atoms with van der Waals surface area (Å²) in [6.45, 7) is 5.36. The van der Waals surface area contributed by atoms with Crippen LogP contribution >= 0.6 is 0 Å². The monoisotopic (exact) mass is 389 g/mol. The second kappa shape index (κ2) is 10.3. The van der Waals surface area contributed by atoms with Crippen LogP contribution in [0.5, 0.6) is 11.5 Å². The Balaban J connectivity index is 1.63. The number of ether oxygens (including phenoxy) is 2. The van der Waals surface area contributed by atoms with Gasteiger partial charge in [-0.3, -0.25) is 4.79 Å². The number of rotatable bonds is 9. The summed E-state index contributed by atoms with van der Waals surface area (Å²) in [6, 6.07) is 24.7. The molecule has 0 bridgehead atoms. The Hall–Kier alpha value is -3.27. The van der Waals surface area contributed by atoms with Gasteiger partial charge in [-0.15, -0.1) is 0 Å². The summed E-state index contributed by atoms with van der Waals surface area (Å²) in [6.07, 6.45) is 0.941. The van der Waals surface area contributed by atoms with Crippen LogP contribution in [-0.2, 0) is 6.61 Å². The van der Waals surface area contributed by atoms with Gasteiger partial charge in [-0.2, -0.15) is 0 Å². The minimum Gasteiger partial charge on any atom is -0.493 e. The van der Waals surface area contributed by atoms with Crippen molar-refractivity contribution in [2.75, 3.05) is 11.9 Å². The molecule has 29 heavy (non-hydrogen) atoms. The van der Waals surface area contributed by atoms with E-state index in [1.807, 2.05) is 72.8 Å². The molecular formula is C25H27NO3. The fraction of sp³-hybridized carbons (Fsp3) is 0.240. The maximum atomic E-state index is 12.8. The highest BCUT2D eigenvalue weighted by molar-refractivity contribution is 6.06. The van der Waals surface area contributed by atoms with Crippen LogP contribution in [-0.4, -0.2) is 12.5 Å². The van der Waals surface area contributed by atoms with Crippen molar-refractivity contribution in [1.82, 2.24) is 0 Å². The first-order valence-corrected chi connectivity index (χ1v) is 9.92. The van der Waals surface area contributed by atoms with E-state index >= 15 is 0 Å². The Labute approximate surface area is 172 Å². The van der Waals surface area contributed by atoms with Crippen molar-refractivity contribution < 1.29 is 14.3 Å². The number of benzene rings is 3. The smallest absolute Gasteiger partial charge is 0.259 e. The molecule has 150 valence electrons. The minimum absolute atomic E-state index is 0.203. The average molecular weight is 389 g/mol. The molecule has 0 heterocycles. The Morgan fingerprint density at radius 2 is 1.66 bits per heavy atom. The molecule has 4 nitrogen and oxygen atoms in total. The van der Waals surface area contributed by atoms with Gasteiger partial charge in [-0.1, -0.05) is 62.4 Å². The van der Waals surface area contributed by atoms with E-state index in [2.05, 4.69) is 19.2 Å². The predicted molar refractivity (Wildman–Crippen MR) is 117 cm³/mol. The van der Waals surface area contributed by atoms with E-state index in [9.17, 15) is 4.79 Å². The first-order chi connectivity index (χ1) is 14.1. The Morgan fingerprint density at radius 1 is 0.897 bits per heavy atom. The van der Waals surface area contributed by atoms with E-state index < -0.39 is 0 Å². The molecule has 0 aliphatic carbocycles. The second-order valence-corrected chi connectivity index (χ2v) is 7.28. The number of nitrogens with one attached hydrogen (secondary N) is 1. The molecule has 0 unspecified atom stereocenters. The van der Waals surface area contributed by atoms with E-state index in [1.54, 1.807) is 6.07 Å². The van der Waals surface area contributed by atoms with E-state index in [-0.39, 0.29) is 5.91 Å². The van der Waals surface area contributed by atoms with Gasteiger partial charge in [0.15, 0.2) is 0 Å². The molecule has 0 saturated heterocycles. The fourth-order valence-electron chi connectivity index (χ4n) is 2.79. The lowest BCUT2D eigenvalue weighted by Gasteiger charge is -2.13. The molecule has 0 aliphatic rings. The van der Waals surface area contributed by atoms with Crippen LogP contribution in [0, 0.1) is 5.92 Å². The average Bonchev–Trinajstić information content (AvgIpc) is 2.73. The Morgan fingerprint density at radius 3 is 2.45 bits per heavy atom. The largest absolute Gasteiger partial charge is 0.493 e. The van der Waals surface area contributed by atoms with Gasteiger partial charge in [0.05, 0.1) is 12.2 Å². The van der Waals surface area contributed by atoms with Crippen LogP contribution in [0.2, 0.25) is 0 Å². The maximum Gasteiger partial charge on any atom is 0.259 e. The van der Waals surface area contributed by atoms with Gasteiger partial charge in [-0.25, -0.2) is 0 Å². The third kappa shape index (κ3) is 6.39. The summed E-state index contributed by atoms with van der Waals surface area (Å²) in [4.78, 5) is 12.8. The van der Waals surface area contributed by atoms with Crippen molar-refractivity contribution in [3.05, 3.63) is 90.0 Å². The van der Waals surface area contributed by atoms with Gasteiger partial charge in [0.25, 0.3) is 5.91 Å². The molecule has 0 aromatic heterocycles. The number of carbonyl (C=O) groups excluding carboxylic acids is 1. The zero-order chi connectivity index (χ0) is 20.5. The van der Waals surface area contributed by atoms with Gasteiger partial charge in [0, 0.05) is 11.8 Å². The lowest BCUT2D eigenvalue weighted by Crippen LogP contribution is -2.14. The second-order valence-electron chi connectivity index (χ2n) is 7.28. The Bertz CT molecular complexity index is 922. The van der Waals surface area contributed by atoms with Crippen molar-refractivity contribution in [2.24, 2.45) is 5.92 Å². The number of para-hydroxylation sites is 1. The quantitative estimate of drug-likeness (QED) is 0.492. The first kappa shape index (κ1) is 20.5. The Kier molecular flexibility index (Phi) is 7.28. The molecule has 1 amide bonds. The van der Waals surface area contributed by atoms with Crippen LogP contribution in [0.3, 0.4) is 0 Å². The normalized spacial score (nSPS) is 10.6. The van der Waals surface area contributed by atoms with Gasteiger partial charge >= 0.3 is 0 Å². The number of carbonyl (C=O) groups is 1. The van der Waals surface area contributed by atoms with Gasteiger partial charge < -0.3 is 14.8 Å². The molecule has 1 N–H and O–H groups in total. The van der Waals surface area contributed by atoms with Crippen LogP contribution in [0.1, 0.15) is 36.2 Å². The van der Waals surface area contributed by atoms with Crippen LogP contribution in [0.4, 0.5) is 5.69 Å². The summed E-state index contributed by atoms with van der Waals surface area (Å²) in [5.74, 6) is 1.65. The molecule has 0 saturated carbocycles. The van der Waals surface area contributed by atoms with E-state index in [0.29, 0.717) is 41.9 Å². The highest BCUT2D eigenvalue weighted by Crippen LogP contribution is 2.23. The van der Waals surface area contributed by atoms with Gasteiger partial charge in [0.2, 0.25) is 0 Å². The predicted octanol–water partition coefficient (Wildman–Crippen LogP) is 5.94. The van der Waals surface area contributed by atoms with Crippen molar-refractivity contribution in [2.45, 2.75) is 26.9 Å². The lowest BCUT2D eigenvalue weighted by molar-refractivity contribution is 0.102. The molecule has 0 atom stereocenters. The van der Waals surface area contributed by atoms with Crippen LogP contribution in [0.15, 0.2) is 78.9 Å². The SMILES string of the molecule is CC(C)CCOc1ccccc1C(=O)Nc1cccc(OCc2ccccc2)c1. The topological polar surface area (TPSA) is 47.6 Å². The summed E-state index contributed by atoms with van der Waals surface area (Å²) in [5.41, 5.74) is 2.29. The zero-order valence-corrected chi connectivity index (χ0v) is 16.9. The number of amides is 1. The molecular weight excluding hydrogens is 362 g/mol. The molecule has 0 fully saturated rings. The van der Waals surface area contributed by atoms with E-state index in [4.69, 9.17) is 9.47 Å². The molecule has 0 aliphatic heterocycles. The highest BCUT2D eigenvalue weighted by Gasteiger charge is 2.13. The van der Waals surface area contributed by atoms with Gasteiger partial charge in [0.1, 0.15) is 18.1 Å². The molecule has 0 spiro atoms. The molecule has 3 rings (SSSR count). The van der Waals surface area contributed by atoms with E-state index in [1.165, 1.54) is 0 Å². The first-order valence-electron chi connectivity index (χ1n) is 9.92. The summed E-state index contributed by atoms with van der Waals surface area (Å²) >= 11 is 0. The molecule has 3 aromatic rings.